The zero-order chi connectivity index (χ0) is 15.5. The van der Waals surface area contributed by atoms with Crippen molar-refractivity contribution in [3.05, 3.63) is 17.0 Å². The first kappa shape index (κ1) is 15.6. The number of aromatic nitrogens is 1. The Bertz CT molecular complexity index is 531. The molecule has 1 aromatic heterocycles. The predicted octanol–water partition coefficient (Wildman–Crippen LogP) is 2.99. The van der Waals surface area contributed by atoms with Crippen LogP contribution in [0.1, 0.15) is 62.0 Å². The molecule has 5 nitrogen and oxygen atoms in total. The topological polar surface area (TPSA) is 78.9 Å². The van der Waals surface area contributed by atoms with E-state index in [2.05, 4.69) is 16.5 Å². The molecule has 0 bridgehead atoms. The fraction of sp³-hybridized carbons (Fsp3) is 0.688. The molecule has 1 amide bonds. The van der Waals surface area contributed by atoms with E-state index >= 15 is 0 Å². The lowest BCUT2D eigenvalue weighted by molar-refractivity contribution is -0.129. The van der Waals surface area contributed by atoms with Gasteiger partial charge in [0.25, 0.3) is 0 Å². The zero-order valence-corrected chi connectivity index (χ0v) is 13.0. The van der Waals surface area contributed by atoms with Gasteiger partial charge in [0, 0.05) is 18.0 Å². The van der Waals surface area contributed by atoms with Gasteiger partial charge in [-0.05, 0) is 26.7 Å². The van der Waals surface area contributed by atoms with Crippen molar-refractivity contribution in [2.75, 3.05) is 6.54 Å². The van der Waals surface area contributed by atoms with E-state index in [1.807, 2.05) is 20.8 Å². The maximum absolute atomic E-state index is 12.4. The molecule has 1 N–H and O–H groups in total. The van der Waals surface area contributed by atoms with Gasteiger partial charge in [-0.15, -0.1) is 0 Å². The Morgan fingerprint density at radius 1 is 1.43 bits per heavy atom. The minimum atomic E-state index is -0.823. The minimum absolute atomic E-state index is 0.122. The molecule has 2 rings (SSSR count). The van der Waals surface area contributed by atoms with Crippen molar-refractivity contribution in [2.24, 2.45) is 5.41 Å². The number of carbonyl (C=O) groups is 1. The number of amides is 1. The molecule has 5 heteroatoms. The normalized spacial score (nSPS) is 18.8. The Morgan fingerprint density at radius 2 is 2.10 bits per heavy atom. The monoisotopic (exact) mass is 289 g/mol. The number of carbonyl (C=O) groups excluding carboxylic acids is 1. The molecule has 1 aliphatic carbocycles. The first-order valence-corrected chi connectivity index (χ1v) is 7.62. The van der Waals surface area contributed by atoms with Gasteiger partial charge in [-0.1, -0.05) is 31.3 Å². The van der Waals surface area contributed by atoms with Crippen LogP contribution in [0.3, 0.4) is 0 Å². The second-order valence-corrected chi connectivity index (χ2v) is 6.10. The summed E-state index contributed by atoms with van der Waals surface area (Å²) in [6, 6.07) is 2.26. The van der Waals surface area contributed by atoms with Crippen LogP contribution in [-0.2, 0) is 4.79 Å². The fourth-order valence-corrected chi connectivity index (χ4v) is 3.26. The number of nitrogens with one attached hydrogen (secondary N) is 1. The molecule has 1 aromatic rings. The third-order valence-corrected chi connectivity index (χ3v) is 4.51. The molecule has 0 aromatic carbocycles. The first-order chi connectivity index (χ1) is 10.00. The van der Waals surface area contributed by atoms with Gasteiger partial charge in [0.2, 0.25) is 5.91 Å². The summed E-state index contributed by atoms with van der Waals surface area (Å²) in [7, 11) is 0. The van der Waals surface area contributed by atoms with Crippen molar-refractivity contribution in [3.8, 4) is 6.07 Å². The molecule has 1 aliphatic rings. The van der Waals surface area contributed by atoms with Crippen LogP contribution in [0.4, 0.5) is 0 Å². The van der Waals surface area contributed by atoms with Crippen LogP contribution in [0, 0.1) is 30.6 Å². The molecular weight excluding hydrogens is 266 g/mol. The summed E-state index contributed by atoms with van der Waals surface area (Å²) in [5.74, 6) is 0.796. The maximum Gasteiger partial charge on any atom is 0.240 e. The molecule has 21 heavy (non-hydrogen) atoms. The summed E-state index contributed by atoms with van der Waals surface area (Å²) in [5.41, 5.74) is 1.09. The number of rotatable bonds is 4. The Hall–Kier alpha value is -1.83. The second kappa shape index (κ2) is 6.30. The summed E-state index contributed by atoms with van der Waals surface area (Å²) in [4.78, 5) is 12.4. The van der Waals surface area contributed by atoms with Crippen LogP contribution in [0.5, 0.6) is 0 Å². The molecule has 0 spiro atoms. The molecule has 114 valence electrons. The van der Waals surface area contributed by atoms with Crippen molar-refractivity contribution in [1.29, 1.82) is 5.26 Å². The average Bonchev–Trinajstić information content (AvgIpc) is 2.84. The summed E-state index contributed by atoms with van der Waals surface area (Å²) >= 11 is 0. The standard InChI is InChI=1S/C16H23N3O2/c1-11(14-12(2)19-21-13(14)3)9-18-15(20)16(10-17)7-5-4-6-8-16/h11H,4-9H2,1-3H3,(H,18,20). The van der Waals surface area contributed by atoms with Crippen LogP contribution in [0.2, 0.25) is 0 Å². The van der Waals surface area contributed by atoms with Gasteiger partial charge in [-0.3, -0.25) is 4.79 Å². The molecule has 1 atom stereocenters. The van der Waals surface area contributed by atoms with Gasteiger partial charge in [-0.25, -0.2) is 0 Å². The molecule has 0 radical (unpaired) electrons. The zero-order valence-electron chi connectivity index (χ0n) is 13.0. The fourth-order valence-electron chi connectivity index (χ4n) is 3.26. The van der Waals surface area contributed by atoms with E-state index in [9.17, 15) is 10.1 Å². The second-order valence-electron chi connectivity index (χ2n) is 6.10. The summed E-state index contributed by atoms with van der Waals surface area (Å²) in [5, 5.41) is 16.3. The van der Waals surface area contributed by atoms with Gasteiger partial charge in [-0.2, -0.15) is 5.26 Å². The van der Waals surface area contributed by atoms with E-state index in [4.69, 9.17) is 4.52 Å². The maximum atomic E-state index is 12.4. The van der Waals surface area contributed by atoms with Crippen molar-refractivity contribution in [2.45, 2.75) is 58.8 Å². The van der Waals surface area contributed by atoms with E-state index in [1.165, 1.54) is 0 Å². The number of nitrogens with zero attached hydrogens (tertiary/aromatic N) is 2. The van der Waals surface area contributed by atoms with Gasteiger partial charge in [0.05, 0.1) is 11.8 Å². The van der Waals surface area contributed by atoms with Crippen molar-refractivity contribution in [1.82, 2.24) is 10.5 Å². The van der Waals surface area contributed by atoms with Crippen molar-refractivity contribution >= 4 is 5.91 Å². The van der Waals surface area contributed by atoms with Gasteiger partial charge < -0.3 is 9.84 Å². The summed E-state index contributed by atoms with van der Waals surface area (Å²) < 4.78 is 5.17. The average molecular weight is 289 g/mol. The molecule has 1 saturated carbocycles. The van der Waals surface area contributed by atoms with Gasteiger partial charge in [0.15, 0.2) is 0 Å². The highest BCUT2D eigenvalue weighted by Gasteiger charge is 2.39. The van der Waals surface area contributed by atoms with Crippen LogP contribution >= 0.6 is 0 Å². The molecule has 1 heterocycles. The van der Waals surface area contributed by atoms with Crippen molar-refractivity contribution < 1.29 is 9.32 Å². The SMILES string of the molecule is Cc1noc(C)c1C(C)CNC(=O)C1(C#N)CCCCC1. The van der Waals surface area contributed by atoms with Gasteiger partial charge in [0.1, 0.15) is 11.2 Å². The van der Waals surface area contributed by atoms with Crippen molar-refractivity contribution in [3.63, 3.8) is 0 Å². The molecule has 1 fully saturated rings. The molecule has 0 aliphatic heterocycles. The minimum Gasteiger partial charge on any atom is -0.361 e. The highest BCUT2D eigenvalue weighted by molar-refractivity contribution is 5.85. The van der Waals surface area contributed by atoms with Crippen LogP contribution in [0.25, 0.3) is 0 Å². The van der Waals surface area contributed by atoms with E-state index in [1.54, 1.807) is 0 Å². The van der Waals surface area contributed by atoms with Gasteiger partial charge >= 0.3 is 0 Å². The number of nitriles is 1. The highest BCUT2D eigenvalue weighted by atomic mass is 16.5. The van der Waals surface area contributed by atoms with E-state index in [0.717, 1.165) is 36.3 Å². The summed E-state index contributed by atoms with van der Waals surface area (Å²) in [6.45, 7) is 6.32. The quantitative estimate of drug-likeness (QED) is 0.924. The largest absolute Gasteiger partial charge is 0.361 e. The number of hydrogen-bond acceptors (Lipinski definition) is 4. The third kappa shape index (κ3) is 3.10. The Labute approximate surface area is 125 Å². The highest BCUT2D eigenvalue weighted by Crippen LogP contribution is 2.36. The first-order valence-electron chi connectivity index (χ1n) is 7.62. The lowest BCUT2D eigenvalue weighted by Gasteiger charge is -2.29. The van der Waals surface area contributed by atoms with Crippen LogP contribution in [-0.4, -0.2) is 17.6 Å². The van der Waals surface area contributed by atoms with Crippen LogP contribution in [0.15, 0.2) is 4.52 Å². The third-order valence-electron chi connectivity index (χ3n) is 4.51. The Morgan fingerprint density at radius 3 is 2.62 bits per heavy atom. The number of aryl methyl sites for hydroxylation is 2. The summed E-state index contributed by atoms with van der Waals surface area (Å²) in [6.07, 6.45) is 4.39. The number of hydrogen-bond donors (Lipinski definition) is 1. The lowest BCUT2D eigenvalue weighted by Crippen LogP contribution is -2.42. The van der Waals surface area contributed by atoms with E-state index < -0.39 is 5.41 Å². The predicted molar refractivity (Wildman–Crippen MR) is 78.5 cm³/mol. The smallest absolute Gasteiger partial charge is 0.240 e. The lowest BCUT2D eigenvalue weighted by atomic mass is 9.74. The molecule has 1 unspecified atom stereocenters. The molecular formula is C16H23N3O2. The Kier molecular flexibility index (Phi) is 4.66. The van der Waals surface area contributed by atoms with E-state index in [0.29, 0.717) is 19.4 Å². The Balaban J connectivity index is 1.99. The van der Waals surface area contributed by atoms with E-state index in [-0.39, 0.29) is 11.8 Å². The van der Waals surface area contributed by atoms with Crippen LogP contribution < -0.4 is 5.32 Å². The molecule has 0 saturated heterocycles.